The van der Waals surface area contributed by atoms with E-state index in [1.807, 2.05) is 30.3 Å². The van der Waals surface area contributed by atoms with Gasteiger partial charge in [-0.25, -0.2) is 4.68 Å². The van der Waals surface area contributed by atoms with Crippen LogP contribution < -0.4 is 0 Å². The van der Waals surface area contributed by atoms with E-state index in [0.717, 1.165) is 18.5 Å². The Hall–Kier alpha value is -2.16. The zero-order valence-corrected chi connectivity index (χ0v) is 11.5. The van der Waals surface area contributed by atoms with Crippen molar-refractivity contribution in [1.29, 1.82) is 0 Å². The fourth-order valence-corrected chi connectivity index (χ4v) is 2.65. The summed E-state index contributed by atoms with van der Waals surface area (Å²) in [5.74, 6) is 0.152. The number of aromatic nitrogens is 2. The van der Waals surface area contributed by atoms with Crippen molar-refractivity contribution in [3.05, 3.63) is 59.9 Å². The Morgan fingerprint density at radius 2 is 2.00 bits per heavy atom. The lowest BCUT2D eigenvalue weighted by molar-refractivity contribution is 0.0984. The monoisotopic (exact) mass is 266 g/mol. The molecular weight excluding hydrogens is 248 g/mol. The average Bonchev–Trinajstić information content (AvgIpc) is 2.99. The summed E-state index contributed by atoms with van der Waals surface area (Å²) in [6.07, 6.45) is 9.07. The van der Waals surface area contributed by atoms with Crippen LogP contribution in [-0.4, -0.2) is 15.6 Å². The average molecular weight is 266 g/mol. The molecule has 0 N–H and O–H groups in total. The van der Waals surface area contributed by atoms with Crippen molar-refractivity contribution in [2.24, 2.45) is 0 Å². The largest absolute Gasteiger partial charge is 0.292 e. The van der Waals surface area contributed by atoms with E-state index in [4.69, 9.17) is 0 Å². The van der Waals surface area contributed by atoms with Gasteiger partial charge in [0.15, 0.2) is 5.78 Å². The molecular formula is C17H18N2O. The Bertz CT molecular complexity index is 625. The third-order valence-corrected chi connectivity index (χ3v) is 3.70. The van der Waals surface area contributed by atoms with Gasteiger partial charge >= 0.3 is 0 Å². The molecule has 0 radical (unpaired) electrons. The van der Waals surface area contributed by atoms with Gasteiger partial charge in [-0.1, -0.05) is 29.8 Å². The standard InChI is InChI=1S/C17H18N2O/c20-17(13-14-7-3-1-4-8-14)16-11-12-18-19(16)15-9-5-2-6-10-15/h2,5-7,9-12H,1,3-4,8,13H2. The number of benzene rings is 1. The predicted octanol–water partition coefficient (Wildman–Crippen LogP) is 3.95. The van der Waals surface area contributed by atoms with Crippen LogP contribution in [0.25, 0.3) is 5.69 Å². The minimum absolute atomic E-state index is 0.152. The fourth-order valence-electron chi connectivity index (χ4n) is 2.65. The Labute approximate surface area is 118 Å². The predicted molar refractivity (Wildman–Crippen MR) is 79.1 cm³/mol. The third kappa shape index (κ3) is 2.72. The van der Waals surface area contributed by atoms with Crippen molar-refractivity contribution in [3.63, 3.8) is 0 Å². The van der Waals surface area contributed by atoms with Crippen LogP contribution in [0.15, 0.2) is 54.2 Å². The number of carbonyl (C=O) groups is 1. The maximum Gasteiger partial charge on any atom is 0.185 e. The van der Waals surface area contributed by atoms with Crippen LogP contribution in [0.1, 0.15) is 42.6 Å². The molecule has 1 aromatic heterocycles. The summed E-state index contributed by atoms with van der Waals surface area (Å²) in [6.45, 7) is 0. The van der Waals surface area contributed by atoms with E-state index in [1.54, 1.807) is 16.9 Å². The number of hydrogen-bond donors (Lipinski definition) is 0. The van der Waals surface area contributed by atoms with E-state index in [1.165, 1.54) is 18.4 Å². The van der Waals surface area contributed by atoms with Gasteiger partial charge in [0.05, 0.1) is 11.9 Å². The summed E-state index contributed by atoms with van der Waals surface area (Å²) in [7, 11) is 0. The molecule has 1 heterocycles. The highest BCUT2D eigenvalue weighted by Crippen LogP contribution is 2.22. The minimum Gasteiger partial charge on any atom is -0.292 e. The van der Waals surface area contributed by atoms with E-state index in [9.17, 15) is 4.79 Å². The van der Waals surface area contributed by atoms with Crippen molar-refractivity contribution in [2.45, 2.75) is 32.1 Å². The van der Waals surface area contributed by atoms with Crippen LogP contribution in [0.4, 0.5) is 0 Å². The highest BCUT2D eigenvalue weighted by molar-refractivity contribution is 5.96. The lowest BCUT2D eigenvalue weighted by Gasteiger charge is -2.12. The summed E-state index contributed by atoms with van der Waals surface area (Å²) < 4.78 is 1.73. The van der Waals surface area contributed by atoms with Gasteiger partial charge in [0.1, 0.15) is 5.69 Å². The Kier molecular flexibility index (Phi) is 3.77. The minimum atomic E-state index is 0.152. The van der Waals surface area contributed by atoms with Gasteiger partial charge in [0, 0.05) is 6.42 Å². The molecule has 0 atom stereocenters. The molecule has 20 heavy (non-hydrogen) atoms. The number of hydrogen-bond acceptors (Lipinski definition) is 2. The van der Waals surface area contributed by atoms with Crippen LogP contribution in [-0.2, 0) is 0 Å². The Morgan fingerprint density at radius 1 is 1.15 bits per heavy atom. The van der Waals surface area contributed by atoms with Crippen molar-refractivity contribution >= 4 is 5.78 Å². The van der Waals surface area contributed by atoms with Crippen LogP contribution in [0.3, 0.4) is 0 Å². The van der Waals surface area contributed by atoms with Crippen LogP contribution >= 0.6 is 0 Å². The smallest absolute Gasteiger partial charge is 0.185 e. The second-order valence-electron chi connectivity index (χ2n) is 5.17. The topological polar surface area (TPSA) is 34.9 Å². The first-order valence-corrected chi connectivity index (χ1v) is 7.15. The lowest BCUT2D eigenvalue weighted by Crippen LogP contribution is -2.10. The van der Waals surface area contributed by atoms with Gasteiger partial charge in [-0.3, -0.25) is 4.79 Å². The van der Waals surface area contributed by atoms with Crippen molar-refractivity contribution in [3.8, 4) is 5.69 Å². The molecule has 3 nitrogen and oxygen atoms in total. The normalized spacial score (nSPS) is 14.9. The summed E-state index contributed by atoms with van der Waals surface area (Å²) in [4.78, 5) is 12.5. The van der Waals surface area contributed by atoms with E-state index < -0.39 is 0 Å². The third-order valence-electron chi connectivity index (χ3n) is 3.70. The van der Waals surface area contributed by atoms with Gasteiger partial charge in [-0.05, 0) is 43.9 Å². The van der Waals surface area contributed by atoms with Crippen LogP contribution in [0.2, 0.25) is 0 Å². The number of rotatable bonds is 4. The van der Waals surface area contributed by atoms with Gasteiger partial charge in [0.25, 0.3) is 0 Å². The maximum atomic E-state index is 12.5. The fraction of sp³-hybridized carbons (Fsp3) is 0.294. The number of Topliss-reactive ketones (excluding diaryl/α,β-unsaturated/α-hetero) is 1. The molecule has 1 aromatic carbocycles. The van der Waals surface area contributed by atoms with Crippen molar-refractivity contribution < 1.29 is 4.79 Å². The first-order valence-electron chi connectivity index (χ1n) is 7.15. The summed E-state index contributed by atoms with van der Waals surface area (Å²) in [5.41, 5.74) is 2.88. The molecule has 0 spiro atoms. The van der Waals surface area contributed by atoms with Gasteiger partial charge in [-0.2, -0.15) is 5.10 Å². The molecule has 0 saturated carbocycles. The molecule has 3 heteroatoms. The summed E-state index contributed by atoms with van der Waals surface area (Å²) in [5, 5.41) is 4.28. The Morgan fingerprint density at radius 3 is 2.75 bits per heavy atom. The lowest BCUT2D eigenvalue weighted by atomic mass is 9.95. The molecule has 0 saturated heterocycles. The van der Waals surface area contributed by atoms with Gasteiger partial charge in [-0.15, -0.1) is 0 Å². The zero-order valence-electron chi connectivity index (χ0n) is 11.5. The molecule has 1 aliphatic rings. The number of para-hydroxylation sites is 1. The number of carbonyl (C=O) groups excluding carboxylic acids is 1. The van der Waals surface area contributed by atoms with E-state index in [2.05, 4.69) is 11.2 Å². The second-order valence-corrected chi connectivity index (χ2v) is 5.17. The molecule has 102 valence electrons. The number of nitrogens with zero attached hydrogens (tertiary/aromatic N) is 2. The van der Waals surface area contributed by atoms with Crippen molar-refractivity contribution in [1.82, 2.24) is 9.78 Å². The molecule has 3 rings (SSSR count). The van der Waals surface area contributed by atoms with Crippen molar-refractivity contribution in [2.75, 3.05) is 0 Å². The first kappa shape index (κ1) is 12.9. The zero-order chi connectivity index (χ0) is 13.8. The molecule has 0 unspecified atom stereocenters. The quantitative estimate of drug-likeness (QED) is 0.620. The van der Waals surface area contributed by atoms with E-state index in [0.29, 0.717) is 12.1 Å². The number of allylic oxidation sites excluding steroid dienone is 2. The Balaban J connectivity index is 1.82. The molecule has 0 amide bonds. The van der Waals surface area contributed by atoms with Crippen LogP contribution in [0, 0.1) is 0 Å². The molecule has 0 bridgehead atoms. The first-order chi connectivity index (χ1) is 9.84. The SMILES string of the molecule is O=C(CC1=CCCCC1)c1ccnn1-c1ccccc1. The van der Waals surface area contributed by atoms with Gasteiger partial charge in [0.2, 0.25) is 0 Å². The molecule has 2 aromatic rings. The summed E-state index contributed by atoms with van der Waals surface area (Å²) in [6, 6.07) is 11.6. The second kappa shape index (κ2) is 5.87. The molecule has 1 aliphatic carbocycles. The van der Waals surface area contributed by atoms with Gasteiger partial charge < -0.3 is 0 Å². The highest BCUT2D eigenvalue weighted by atomic mass is 16.1. The highest BCUT2D eigenvalue weighted by Gasteiger charge is 2.15. The van der Waals surface area contributed by atoms with E-state index in [-0.39, 0.29) is 5.78 Å². The maximum absolute atomic E-state index is 12.5. The molecule has 0 aliphatic heterocycles. The molecule has 0 fully saturated rings. The summed E-state index contributed by atoms with van der Waals surface area (Å²) >= 11 is 0. The number of ketones is 1. The van der Waals surface area contributed by atoms with E-state index >= 15 is 0 Å². The van der Waals surface area contributed by atoms with Crippen LogP contribution in [0.5, 0.6) is 0 Å².